The molecule has 206 valence electrons. The van der Waals surface area contributed by atoms with Crippen LogP contribution in [0, 0.1) is 11.6 Å². The molecule has 3 heterocycles. The number of halogens is 4. The first-order valence-electron chi connectivity index (χ1n) is 12.1. The number of amides is 1. The van der Waals surface area contributed by atoms with Gasteiger partial charge in [-0.15, -0.1) is 11.8 Å². The van der Waals surface area contributed by atoms with Gasteiger partial charge in [-0.3, -0.25) is 9.36 Å². The zero-order valence-corrected chi connectivity index (χ0v) is 23.4. The van der Waals surface area contributed by atoms with Crippen LogP contribution in [0.3, 0.4) is 0 Å². The van der Waals surface area contributed by atoms with Gasteiger partial charge in [0.15, 0.2) is 0 Å². The Kier molecular flexibility index (Phi) is 7.64. The Labute approximate surface area is 237 Å². The van der Waals surface area contributed by atoms with Gasteiger partial charge < -0.3 is 20.3 Å². The molecule has 1 saturated heterocycles. The van der Waals surface area contributed by atoms with Gasteiger partial charge in [-0.05, 0) is 25.1 Å². The Morgan fingerprint density at radius 1 is 1.21 bits per heavy atom. The fourth-order valence-corrected chi connectivity index (χ4v) is 7.07. The maximum Gasteiger partial charge on any atom is 0.350 e. The summed E-state index contributed by atoms with van der Waals surface area (Å²) in [6.07, 6.45) is 0.200. The third kappa shape index (κ3) is 4.80. The van der Waals surface area contributed by atoms with Gasteiger partial charge in [0.05, 0.1) is 40.9 Å². The van der Waals surface area contributed by atoms with Crippen LogP contribution in [-0.4, -0.2) is 64.6 Å². The van der Waals surface area contributed by atoms with Crippen LogP contribution >= 0.6 is 35.0 Å². The number of ether oxygens (including phenoxy) is 1. The molecule has 3 aromatic rings. The quantitative estimate of drug-likeness (QED) is 0.355. The van der Waals surface area contributed by atoms with Crippen molar-refractivity contribution in [1.29, 1.82) is 0 Å². The maximum atomic E-state index is 15.1. The predicted octanol–water partition coefficient (Wildman–Crippen LogP) is 4.28. The summed E-state index contributed by atoms with van der Waals surface area (Å²) in [7, 11) is 1.55. The minimum Gasteiger partial charge on any atom is -0.379 e. The Morgan fingerprint density at radius 3 is 2.62 bits per heavy atom. The summed E-state index contributed by atoms with van der Waals surface area (Å²) in [4.78, 5) is 34.2. The first-order chi connectivity index (χ1) is 18.5. The number of hydrogen-bond donors (Lipinski definition) is 1. The van der Waals surface area contributed by atoms with Crippen molar-refractivity contribution < 1.29 is 18.3 Å². The summed E-state index contributed by atoms with van der Waals surface area (Å²) < 4.78 is 36.2. The molecule has 2 aliphatic rings. The van der Waals surface area contributed by atoms with Crippen LogP contribution in [0.1, 0.15) is 6.92 Å². The van der Waals surface area contributed by atoms with E-state index in [1.54, 1.807) is 13.2 Å². The molecule has 0 spiro atoms. The number of nitrogens with two attached hydrogens (primary N) is 1. The lowest BCUT2D eigenvalue weighted by Gasteiger charge is -2.44. The molecule has 2 N–H and O–H groups in total. The SMILES string of the molecule is C=CC(=O)N1[C@H](C)CN(c2nc(=O)n3c4c(c(-c5cc(Cl)c(F)cc5F)c(Cl)cc24)SC[C@@H](OC)C3)C[C@@H]1N. The summed E-state index contributed by atoms with van der Waals surface area (Å²) in [6, 6.07) is 3.22. The van der Waals surface area contributed by atoms with Gasteiger partial charge >= 0.3 is 5.69 Å². The number of nitrogens with zero attached hydrogens (tertiary/aromatic N) is 4. The number of thioether (sulfide) groups is 1. The molecule has 0 saturated carbocycles. The summed E-state index contributed by atoms with van der Waals surface area (Å²) >= 11 is 14.2. The highest BCUT2D eigenvalue weighted by Crippen LogP contribution is 2.46. The molecule has 1 fully saturated rings. The maximum absolute atomic E-state index is 15.1. The van der Waals surface area contributed by atoms with Gasteiger partial charge in [0.2, 0.25) is 5.91 Å². The third-order valence-corrected chi connectivity index (χ3v) is 8.83. The molecule has 1 amide bonds. The molecule has 2 aromatic carbocycles. The van der Waals surface area contributed by atoms with Gasteiger partial charge in [-0.25, -0.2) is 13.6 Å². The van der Waals surface area contributed by atoms with Crippen LogP contribution in [0.15, 0.2) is 40.5 Å². The average molecular weight is 596 g/mol. The molecule has 3 atom stereocenters. The number of rotatable bonds is 4. The number of anilines is 1. The Morgan fingerprint density at radius 2 is 1.95 bits per heavy atom. The van der Waals surface area contributed by atoms with Crippen LogP contribution in [0.4, 0.5) is 14.6 Å². The van der Waals surface area contributed by atoms with Gasteiger partial charge in [-0.2, -0.15) is 4.98 Å². The van der Waals surface area contributed by atoms with Crippen molar-refractivity contribution in [3.05, 3.63) is 63.0 Å². The topological polar surface area (TPSA) is 93.7 Å². The van der Waals surface area contributed by atoms with Crippen molar-refractivity contribution in [2.24, 2.45) is 5.73 Å². The Balaban J connectivity index is 1.76. The van der Waals surface area contributed by atoms with Gasteiger partial charge in [0, 0.05) is 52.9 Å². The highest BCUT2D eigenvalue weighted by molar-refractivity contribution is 7.99. The van der Waals surface area contributed by atoms with E-state index < -0.39 is 23.5 Å². The lowest BCUT2D eigenvalue weighted by atomic mass is 10.0. The number of carbonyl (C=O) groups excluding carboxylic acids is 1. The third-order valence-electron chi connectivity index (χ3n) is 7.02. The normalized spacial score (nSPS) is 21.3. The van der Waals surface area contributed by atoms with E-state index in [2.05, 4.69) is 11.6 Å². The second-order valence-corrected chi connectivity index (χ2v) is 11.3. The Hall–Kier alpha value is -2.70. The molecule has 0 aliphatic carbocycles. The molecule has 8 nitrogen and oxygen atoms in total. The van der Waals surface area contributed by atoms with Gasteiger partial charge in [-0.1, -0.05) is 29.8 Å². The fraction of sp³-hybridized carbons (Fsp3) is 0.346. The van der Waals surface area contributed by atoms with E-state index >= 15 is 4.39 Å². The Bertz CT molecular complexity index is 1560. The van der Waals surface area contributed by atoms with Gasteiger partial charge in [0.1, 0.15) is 17.5 Å². The zero-order chi connectivity index (χ0) is 28.2. The molecular weight excluding hydrogens is 571 g/mol. The largest absolute Gasteiger partial charge is 0.379 e. The van der Waals surface area contributed by atoms with Crippen LogP contribution in [0.25, 0.3) is 22.0 Å². The number of benzene rings is 2. The van der Waals surface area contributed by atoms with E-state index in [4.69, 9.17) is 33.7 Å². The van der Waals surface area contributed by atoms with Crippen molar-refractivity contribution in [1.82, 2.24) is 14.5 Å². The number of methoxy groups -OCH3 is 1. The van der Waals surface area contributed by atoms with Crippen LogP contribution in [0.5, 0.6) is 0 Å². The highest BCUT2D eigenvalue weighted by atomic mass is 35.5. The lowest BCUT2D eigenvalue weighted by molar-refractivity contribution is -0.131. The molecule has 0 unspecified atom stereocenters. The van der Waals surface area contributed by atoms with Crippen molar-refractivity contribution in [2.75, 3.05) is 30.9 Å². The molecule has 39 heavy (non-hydrogen) atoms. The minimum atomic E-state index is -0.893. The number of aromatic nitrogens is 2. The minimum absolute atomic E-state index is 0.0104. The standard InChI is InChI=1S/C26H25Cl2F2N5O3S/c1-4-21(36)35-12(2)8-33(10-20(35)31)25-15-6-17(28)22(14-5-16(27)19(30)7-18(14)29)24-23(15)34(26(37)32-25)9-13(38-3)11-39-24/h4-7,12-13,20H,1,8-11,31H2,2-3H3/t12-,13+,20-/m1/s1. The molecule has 2 aliphatic heterocycles. The second-order valence-electron chi connectivity index (χ2n) is 9.47. The second kappa shape index (κ2) is 10.7. The zero-order valence-electron chi connectivity index (χ0n) is 21.1. The van der Waals surface area contributed by atoms with Crippen LogP contribution in [0.2, 0.25) is 10.0 Å². The summed E-state index contributed by atoms with van der Waals surface area (Å²) in [6.45, 7) is 6.17. The van der Waals surface area contributed by atoms with Crippen LogP contribution < -0.4 is 16.3 Å². The van der Waals surface area contributed by atoms with Crippen molar-refractivity contribution in [2.45, 2.75) is 36.7 Å². The number of carbonyl (C=O) groups is 1. The van der Waals surface area contributed by atoms with Crippen molar-refractivity contribution in [3.63, 3.8) is 0 Å². The molecular formula is C26H25Cl2F2N5O3S. The summed E-state index contributed by atoms with van der Waals surface area (Å²) in [5, 5.41) is 0.471. The summed E-state index contributed by atoms with van der Waals surface area (Å²) in [5.74, 6) is -1.23. The van der Waals surface area contributed by atoms with E-state index in [1.807, 2.05) is 11.8 Å². The fourth-order valence-electron chi connectivity index (χ4n) is 5.23. The lowest BCUT2D eigenvalue weighted by Crippen LogP contribution is -2.63. The molecule has 0 bridgehead atoms. The van der Waals surface area contributed by atoms with Crippen molar-refractivity contribution >= 4 is 57.6 Å². The molecule has 1 aromatic heterocycles. The molecule has 5 rings (SSSR count). The van der Waals surface area contributed by atoms with Gasteiger partial charge in [0.25, 0.3) is 0 Å². The first kappa shape index (κ1) is 27.9. The number of hydrogen-bond acceptors (Lipinski definition) is 7. The smallest absolute Gasteiger partial charge is 0.350 e. The van der Waals surface area contributed by atoms with E-state index in [0.29, 0.717) is 45.5 Å². The predicted molar refractivity (Wildman–Crippen MR) is 150 cm³/mol. The van der Waals surface area contributed by atoms with E-state index in [9.17, 15) is 14.0 Å². The molecule has 0 radical (unpaired) electrons. The van der Waals surface area contributed by atoms with Crippen LogP contribution in [-0.2, 0) is 16.1 Å². The average Bonchev–Trinajstić information content (AvgIpc) is 3.08. The summed E-state index contributed by atoms with van der Waals surface area (Å²) in [5.41, 5.74) is 6.64. The molecule has 13 heteroatoms. The van der Waals surface area contributed by atoms with Crippen molar-refractivity contribution in [3.8, 4) is 11.1 Å². The highest BCUT2D eigenvalue weighted by Gasteiger charge is 2.35. The number of piperazine rings is 1. The van der Waals surface area contributed by atoms with E-state index in [1.165, 1.54) is 33.4 Å². The monoisotopic (exact) mass is 595 g/mol. The first-order valence-corrected chi connectivity index (χ1v) is 13.8. The van der Waals surface area contributed by atoms with E-state index in [0.717, 1.165) is 0 Å². The van der Waals surface area contributed by atoms with E-state index in [-0.39, 0.29) is 46.8 Å².